The standard InChI is InChI=1S/C18H14N2O3S/c1-11-6-8-12(9-7-11)17(22)23-14-5-3-2-4-13(14)10-15-16(21)20-18(19)24-15/h2-10H,1H3,(H2,19,20,21)/b15-10-. The number of hydrogen-bond donors (Lipinski definition) is 1. The van der Waals surface area contributed by atoms with E-state index in [2.05, 4.69) is 4.99 Å². The Balaban J connectivity index is 1.85. The molecule has 0 aromatic heterocycles. The van der Waals surface area contributed by atoms with Crippen LogP contribution in [0.5, 0.6) is 5.75 Å². The molecule has 0 saturated carbocycles. The average molecular weight is 338 g/mol. The number of esters is 1. The Morgan fingerprint density at radius 3 is 2.54 bits per heavy atom. The van der Waals surface area contributed by atoms with Crippen LogP contribution in [0.4, 0.5) is 0 Å². The third kappa shape index (κ3) is 3.55. The zero-order chi connectivity index (χ0) is 17.1. The number of nitrogens with zero attached hydrogens (tertiary/aromatic N) is 1. The Kier molecular flexibility index (Phi) is 4.48. The van der Waals surface area contributed by atoms with Crippen molar-refractivity contribution in [2.24, 2.45) is 10.7 Å². The first-order valence-electron chi connectivity index (χ1n) is 7.19. The van der Waals surface area contributed by atoms with Crippen molar-refractivity contribution >= 4 is 34.9 Å². The van der Waals surface area contributed by atoms with Crippen LogP contribution in [0.25, 0.3) is 6.08 Å². The van der Waals surface area contributed by atoms with Crippen LogP contribution >= 0.6 is 11.8 Å². The van der Waals surface area contributed by atoms with Crippen LogP contribution in [0, 0.1) is 6.92 Å². The zero-order valence-corrected chi connectivity index (χ0v) is 13.7. The number of aliphatic imine (C=N–C) groups is 1. The fourth-order valence-corrected chi connectivity index (χ4v) is 2.78. The second-order valence-corrected chi connectivity index (χ2v) is 6.22. The average Bonchev–Trinajstić information content (AvgIpc) is 2.87. The van der Waals surface area contributed by atoms with Gasteiger partial charge in [-0.1, -0.05) is 35.9 Å². The van der Waals surface area contributed by atoms with Gasteiger partial charge in [-0.2, -0.15) is 4.99 Å². The molecule has 0 fully saturated rings. The maximum absolute atomic E-state index is 12.3. The van der Waals surface area contributed by atoms with E-state index in [1.165, 1.54) is 0 Å². The van der Waals surface area contributed by atoms with E-state index in [1.54, 1.807) is 42.5 Å². The third-order valence-electron chi connectivity index (χ3n) is 3.33. The molecule has 120 valence electrons. The molecular weight excluding hydrogens is 324 g/mol. The summed E-state index contributed by atoms with van der Waals surface area (Å²) in [5, 5.41) is 0.209. The number of thioether (sulfide) groups is 1. The lowest BCUT2D eigenvalue weighted by atomic mass is 10.1. The second-order valence-electron chi connectivity index (χ2n) is 5.16. The van der Waals surface area contributed by atoms with E-state index in [-0.39, 0.29) is 5.17 Å². The van der Waals surface area contributed by atoms with Crippen molar-refractivity contribution in [3.63, 3.8) is 0 Å². The van der Waals surface area contributed by atoms with Crippen LogP contribution in [0.1, 0.15) is 21.5 Å². The molecular formula is C18H14N2O3S. The van der Waals surface area contributed by atoms with Crippen molar-refractivity contribution in [1.82, 2.24) is 0 Å². The molecule has 5 nitrogen and oxygen atoms in total. The minimum absolute atomic E-state index is 0.209. The van der Waals surface area contributed by atoms with Gasteiger partial charge in [0.15, 0.2) is 5.17 Å². The first-order chi connectivity index (χ1) is 11.5. The van der Waals surface area contributed by atoms with Gasteiger partial charge >= 0.3 is 5.97 Å². The van der Waals surface area contributed by atoms with Gasteiger partial charge in [0.05, 0.1) is 10.5 Å². The normalized spacial score (nSPS) is 15.5. The molecule has 1 heterocycles. The number of amides is 1. The molecule has 2 aromatic rings. The fourth-order valence-electron chi connectivity index (χ4n) is 2.11. The predicted octanol–water partition coefficient (Wildman–Crippen LogP) is 3.14. The fraction of sp³-hybridized carbons (Fsp3) is 0.0556. The molecule has 0 atom stereocenters. The Morgan fingerprint density at radius 1 is 1.17 bits per heavy atom. The van der Waals surface area contributed by atoms with Gasteiger partial charge in [0.1, 0.15) is 5.75 Å². The van der Waals surface area contributed by atoms with Crippen LogP contribution in [0.3, 0.4) is 0 Å². The zero-order valence-electron chi connectivity index (χ0n) is 12.9. The van der Waals surface area contributed by atoms with Crippen molar-refractivity contribution in [2.75, 3.05) is 0 Å². The summed E-state index contributed by atoms with van der Waals surface area (Å²) < 4.78 is 5.47. The summed E-state index contributed by atoms with van der Waals surface area (Å²) in [5.41, 5.74) is 7.67. The van der Waals surface area contributed by atoms with Crippen molar-refractivity contribution in [3.8, 4) is 5.75 Å². The van der Waals surface area contributed by atoms with Gasteiger partial charge < -0.3 is 10.5 Å². The SMILES string of the molecule is Cc1ccc(C(=O)Oc2ccccc2/C=C2\SC(N)=NC2=O)cc1. The lowest BCUT2D eigenvalue weighted by Crippen LogP contribution is -2.09. The van der Waals surface area contributed by atoms with E-state index in [4.69, 9.17) is 10.5 Å². The monoisotopic (exact) mass is 338 g/mol. The largest absolute Gasteiger partial charge is 0.422 e. The van der Waals surface area contributed by atoms with Gasteiger partial charge in [0, 0.05) is 5.56 Å². The number of aryl methyl sites for hydroxylation is 1. The quantitative estimate of drug-likeness (QED) is 0.528. The number of carbonyl (C=O) groups is 2. The Labute approximate surface area is 143 Å². The van der Waals surface area contributed by atoms with Crippen molar-refractivity contribution in [1.29, 1.82) is 0 Å². The molecule has 0 bridgehead atoms. The highest BCUT2D eigenvalue weighted by Crippen LogP contribution is 2.29. The van der Waals surface area contributed by atoms with Crippen LogP contribution in [-0.4, -0.2) is 17.0 Å². The summed E-state index contributed by atoms with van der Waals surface area (Å²) in [6.45, 7) is 1.95. The Morgan fingerprint density at radius 2 is 1.88 bits per heavy atom. The maximum atomic E-state index is 12.3. The van der Waals surface area contributed by atoms with E-state index in [0.29, 0.717) is 21.8 Å². The molecule has 3 rings (SSSR count). The minimum atomic E-state index is -0.456. The smallest absolute Gasteiger partial charge is 0.343 e. The second kappa shape index (κ2) is 6.72. The van der Waals surface area contributed by atoms with E-state index in [1.807, 2.05) is 19.1 Å². The third-order valence-corrected chi connectivity index (χ3v) is 4.15. The van der Waals surface area contributed by atoms with E-state index in [9.17, 15) is 9.59 Å². The van der Waals surface area contributed by atoms with Gasteiger partial charge in [0.2, 0.25) is 0 Å². The Hall–Kier alpha value is -2.86. The van der Waals surface area contributed by atoms with Crippen LogP contribution in [0.2, 0.25) is 0 Å². The van der Waals surface area contributed by atoms with E-state index >= 15 is 0 Å². The highest BCUT2D eigenvalue weighted by molar-refractivity contribution is 8.18. The number of benzene rings is 2. The topological polar surface area (TPSA) is 81.8 Å². The Bertz CT molecular complexity index is 870. The molecule has 1 amide bonds. The summed E-state index contributed by atoms with van der Waals surface area (Å²) in [6, 6.07) is 14.1. The molecule has 2 N–H and O–H groups in total. The molecule has 0 unspecified atom stereocenters. The van der Waals surface area contributed by atoms with Gasteiger partial charge in [-0.05, 0) is 43.0 Å². The molecule has 0 aliphatic carbocycles. The molecule has 24 heavy (non-hydrogen) atoms. The highest BCUT2D eigenvalue weighted by Gasteiger charge is 2.20. The number of para-hydroxylation sites is 1. The first kappa shape index (κ1) is 16.0. The first-order valence-corrected chi connectivity index (χ1v) is 8.00. The molecule has 0 saturated heterocycles. The number of hydrogen-bond acceptors (Lipinski definition) is 5. The number of amidine groups is 1. The highest BCUT2D eigenvalue weighted by atomic mass is 32.2. The molecule has 2 aromatic carbocycles. The summed E-state index contributed by atoms with van der Waals surface area (Å²) in [4.78, 5) is 28.0. The van der Waals surface area contributed by atoms with Crippen LogP contribution in [-0.2, 0) is 4.79 Å². The number of carbonyl (C=O) groups excluding carboxylic acids is 2. The number of nitrogens with two attached hydrogens (primary N) is 1. The maximum Gasteiger partial charge on any atom is 0.343 e. The lowest BCUT2D eigenvalue weighted by Gasteiger charge is -2.08. The van der Waals surface area contributed by atoms with Gasteiger partial charge in [-0.15, -0.1) is 0 Å². The molecule has 1 aliphatic rings. The van der Waals surface area contributed by atoms with Gasteiger partial charge in [0.25, 0.3) is 5.91 Å². The van der Waals surface area contributed by atoms with Crippen molar-refractivity contribution < 1.29 is 14.3 Å². The molecule has 0 spiro atoms. The minimum Gasteiger partial charge on any atom is -0.422 e. The molecule has 0 radical (unpaired) electrons. The molecule has 6 heteroatoms. The van der Waals surface area contributed by atoms with Gasteiger partial charge in [-0.3, -0.25) is 4.79 Å². The number of rotatable bonds is 3. The van der Waals surface area contributed by atoms with Crippen molar-refractivity contribution in [3.05, 3.63) is 70.1 Å². The van der Waals surface area contributed by atoms with Crippen LogP contribution < -0.4 is 10.5 Å². The lowest BCUT2D eigenvalue weighted by molar-refractivity contribution is -0.113. The summed E-state index contributed by atoms with van der Waals surface area (Å²) in [5.74, 6) is -0.478. The van der Waals surface area contributed by atoms with Crippen molar-refractivity contribution in [2.45, 2.75) is 6.92 Å². The summed E-state index contributed by atoms with van der Waals surface area (Å²) in [7, 11) is 0. The summed E-state index contributed by atoms with van der Waals surface area (Å²) in [6.07, 6.45) is 1.62. The van der Waals surface area contributed by atoms with E-state index < -0.39 is 11.9 Å². The van der Waals surface area contributed by atoms with E-state index in [0.717, 1.165) is 17.3 Å². The van der Waals surface area contributed by atoms with Gasteiger partial charge in [-0.25, -0.2) is 4.79 Å². The molecule has 1 aliphatic heterocycles. The number of ether oxygens (including phenoxy) is 1. The van der Waals surface area contributed by atoms with Crippen LogP contribution in [0.15, 0.2) is 58.4 Å². The predicted molar refractivity (Wildman–Crippen MR) is 94.8 cm³/mol. The summed E-state index contributed by atoms with van der Waals surface area (Å²) >= 11 is 1.09.